The van der Waals surface area contributed by atoms with Crippen molar-refractivity contribution < 1.29 is 19.1 Å². The molecule has 2 N–H and O–H groups in total. The highest BCUT2D eigenvalue weighted by molar-refractivity contribution is 5.96. The summed E-state index contributed by atoms with van der Waals surface area (Å²) in [4.78, 5) is 26.9. The summed E-state index contributed by atoms with van der Waals surface area (Å²) in [6, 6.07) is 0. The van der Waals surface area contributed by atoms with Crippen molar-refractivity contribution in [3.05, 3.63) is 17.8 Å². The van der Waals surface area contributed by atoms with Crippen LogP contribution in [-0.2, 0) is 4.79 Å². The number of oxazole rings is 1. The van der Waals surface area contributed by atoms with Gasteiger partial charge in [-0.05, 0) is 32.6 Å². The quantitative estimate of drug-likeness (QED) is 0.815. The van der Waals surface area contributed by atoms with Crippen molar-refractivity contribution in [3.63, 3.8) is 0 Å². The first-order valence-corrected chi connectivity index (χ1v) is 5.41. The molecule has 6 heteroatoms. The summed E-state index contributed by atoms with van der Waals surface area (Å²) in [5.41, 5.74) is -0.776. The van der Waals surface area contributed by atoms with Crippen LogP contribution in [0.15, 0.2) is 10.8 Å². The Morgan fingerprint density at radius 3 is 2.65 bits per heavy atom. The molecular weight excluding hydrogens is 224 g/mol. The molecule has 1 fully saturated rings. The monoisotopic (exact) mass is 238 g/mol. The van der Waals surface area contributed by atoms with Gasteiger partial charge < -0.3 is 14.8 Å². The van der Waals surface area contributed by atoms with Gasteiger partial charge in [0.05, 0.1) is 5.69 Å². The second kappa shape index (κ2) is 3.87. The Balaban J connectivity index is 2.17. The Bertz CT molecular complexity index is 464. The van der Waals surface area contributed by atoms with Gasteiger partial charge in [-0.2, -0.15) is 0 Å². The number of nitrogens with zero attached hydrogens (tertiary/aromatic N) is 1. The van der Waals surface area contributed by atoms with Crippen LogP contribution >= 0.6 is 0 Å². The number of carbonyl (C=O) groups is 2. The van der Waals surface area contributed by atoms with Crippen LogP contribution in [0.1, 0.15) is 36.0 Å². The van der Waals surface area contributed by atoms with Crippen molar-refractivity contribution in [2.75, 3.05) is 0 Å². The minimum Gasteiger partial charge on any atom is -0.480 e. The third kappa shape index (κ3) is 2.02. The number of carboxylic acids is 1. The molecule has 1 saturated carbocycles. The van der Waals surface area contributed by atoms with Crippen LogP contribution in [-0.4, -0.2) is 27.5 Å². The van der Waals surface area contributed by atoms with E-state index in [1.165, 1.54) is 13.3 Å². The Labute approximate surface area is 98.0 Å². The highest BCUT2D eigenvalue weighted by atomic mass is 16.4. The summed E-state index contributed by atoms with van der Waals surface area (Å²) in [5.74, 6) is -1.49. The third-order valence-corrected chi connectivity index (χ3v) is 3.16. The van der Waals surface area contributed by atoms with E-state index in [1.54, 1.807) is 6.92 Å². The Hall–Kier alpha value is -1.85. The molecule has 1 unspecified atom stereocenters. The van der Waals surface area contributed by atoms with Crippen molar-refractivity contribution >= 4 is 11.9 Å². The number of aliphatic carboxylic acids is 1. The van der Waals surface area contributed by atoms with Gasteiger partial charge in [0.15, 0.2) is 6.39 Å². The zero-order valence-electron chi connectivity index (χ0n) is 9.69. The summed E-state index contributed by atoms with van der Waals surface area (Å²) < 4.78 is 4.94. The van der Waals surface area contributed by atoms with Gasteiger partial charge in [0.25, 0.3) is 5.91 Å². The van der Waals surface area contributed by atoms with Gasteiger partial charge in [0, 0.05) is 0 Å². The molecule has 0 spiro atoms. The molecule has 6 nitrogen and oxygen atoms in total. The fraction of sp³-hybridized carbons (Fsp3) is 0.545. The maximum Gasteiger partial charge on any atom is 0.329 e. The van der Waals surface area contributed by atoms with Gasteiger partial charge in [0.2, 0.25) is 5.76 Å². The topological polar surface area (TPSA) is 92.4 Å². The Morgan fingerprint density at radius 1 is 1.59 bits per heavy atom. The highest BCUT2D eigenvalue weighted by Crippen LogP contribution is 2.39. The average Bonchev–Trinajstić information content (AvgIpc) is 3.01. The molecule has 0 saturated heterocycles. The van der Waals surface area contributed by atoms with E-state index in [2.05, 4.69) is 10.3 Å². The van der Waals surface area contributed by atoms with Crippen LogP contribution in [0.3, 0.4) is 0 Å². The standard InChI is InChI=1S/C11H14N2O4/c1-6-8(17-5-12-6)9(14)13-11(2,10(15)16)7-3-4-7/h5,7H,3-4H2,1-2H3,(H,13,14)(H,15,16). The van der Waals surface area contributed by atoms with Crippen LogP contribution in [0.4, 0.5) is 0 Å². The van der Waals surface area contributed by atoms with E-state index in [4.69, 9.17) is 4.42 Å². The van der Waals surface area contributed by atoms with Crippen LogP contribution in [0, 0.1) is 12.8 Å². The second-order valence-electron chi connectivity index (χ2n) is 4.50. The minimum absolute atomic E-state index is 0.00724. The molecule has 1 aliphatic carbocycles. The SMILES string of the molecule is Cc1ncoc1C(=O)NC(C)(C(=O)O)C1CC1. The zero-order valence-corrected chi connectivity index (χ0v) is 9.69. The maximum atomic E-state index is 11.9. The molecule has 2 rings (SSSR count). The van der Waals surface area contributed by atoms with Crippen molar-refractivity contribution in [2.24, 2.45) is 5.92 Å². The fourth-order valence-corrected chi connectivity index (χ4v) is 1.80. The zero-order chi connectivity index (χ0) is 12.6. The van der Waals surface area contributed by atoms with Crippen molar-refractivity contribution in [1.82, 2.24) is 10.3 Å². The molecule has 1 aromatic rings. The molecule has 1 atom stereocenters. The molecule has 0 aliphatic heterocycles. The fourth-order valence-electron chi connectivity index (χ4n) is 1.80. The van der Waals surface area contributed by atoms with Gasteiger partial charge in [-0.25, -0.2) is 9.78 Å². The third-order valence-electron chi connectivity index (χ3n) is 3.16. The number of nitrogens with one attached hydrogen (secondary N) is 1. The first-order valence-electron chi connectivity index (χ1n) is 5.41. The predicted molar refractivity (Wildman–Crippen MR) is 57.5 cm³/mol. The van der Waals surface area contributed by atoms with Gasteiger partial charge in [-0.1, -0.05) is 0 Å². The molecule has 1 amide bonds. The lowest BCUT2D eigenvalue weighted by molar-refractivity contribution is -0.144. The number of rotatable bonds is 4. The smallest absolute Gasteiger partial charge is 0.329 e. The first kappa shape index (κ1) is 11.6. The van der Waals surface area contributed by atoms with Crippen molar-refractivity contribution in [1.29, 1.82) is 0 Å². The van der Waals surface area contributed by atoms with Gasteiger partial charge >= 0.3 is 5.97 Å². The minimum atomic E-state index is -1.23. The van der Waals surface area contributed by atoms with Gasteiger partial charge in [-0.15, -0.1) is 0 Å². The summed E-state index contributed by atoms with van der Waals surface area (Å²) in [7, 11) is 0. The number of carbonyl (C=O) groups excluding carboxylic acids is 1. The van der Waals surface area contributed by atoms with Crippen LogP contribution in [0.2, 0.25) is 0 Å². The van der Waals surface area contributed by atoms with E-state index in [0.717, 1.165) is 12.8 Å². The Morgan fingerprint density at radius 2 is 2.24 bits per heavy atom. The number of hydrogen-bond acceptors (Lipinski definition) is 4. The van der Waals surface area contributed by atoms with E-state index in [1.807, 2.05) is 0 Å². The van der Waals surface area contributed by atoms with E-state index < -0.39 is 17.4 Å². The molecule has 0 aromatic carbocycles. The lowest BCUT2D eigenvalue weighted by Gasteiger charge is -2.25. The second-order valence-corrected chi connectivity index (χ2v) is 4.50. The average molecular weight is 238 g/mol. The predicted octanol–water partition coefficient (Wildman–Crippen LogP) is 0.966. The molecule has 0 radical (unpaired) electrons. The normalized spacial score (nSPS) is 18.5. The first-order chi connectivity index (χ1) is 7.95. The number of carboxylic acid groups (broad SMARTS) is 1. The Kier molecular flexibility index (Phi) is 2.65. The number of aryl methyl sites for hydroxylation is 1. The van der Waals surface area contributed by atoms with Crippen molar-refractivity contribution in [2.45, 2.75) is 32.2 Å². The van der Waals surface area contributed by atoms with Gasteiger partial charge in [-0.3, -0.25) is 4.79 Å². The summed E-state index contributed by atoms with van der Waals surface area (Å²) in [6.45, 7) is 3.16. The van der Waals surface area contributed by atoms with Crippen LogP contribution in [0.5, 0.6) is 0 Å². The molecule has 1 heterocycles. The lowest BCUT2D eigenvalue weighted by Crippen LogP contribution is -2.54. The highest BCUT2D eigenvalue weighted by Gasteiger charge is 2.49. The summed E-state index contributed by atoms with van der Waals surface area (Å²) >= 11 is 0. The number of hydrogen-bond donors (Lipinski definition) is 2. The van der Waals surface area contributed by atoms with Crippen LogP contribution < -0.4 is 5.32 Å². The van der Waals surface area contributed by atoms with E-state index >= 15 is 0 Å². The van der Waals surface area contributed by atoms with Gasteiger partial charge in [0.1, 0.15) is 5.54 Å². The van der Waals surface area contributed by atoms with Crippen LogP contribution in [0.25, 0.3) is 0 Å². The summed E-state index contributed by atoms with van der Waals surface area (Å²) in [6.07, 6.45) is 2.80. The molecule has 17 heavy (non-hydrogen) atoms. The molecule has 1 aliphatic rings. The van der Waals surface area contributed by atoms with Crippen molar-refractivity contribution in [3.8, 4) is 0 Å². The lowest BCUT2D eigenvalue weighted by atomic mass is 9.96. The number of amides is 1. The molecule has 92 valence electrons. The van der Waals surface area contributed by atoms with E-state index in [0.29, 0.717) is 5.69 Å². The summed E-state index contributed by atoms with van der Waals surface area (Å²) in [5, 5.41) is 11.7. The largest absolute Gasteiger partial charge is 0.480 e. The maximum absolute atomic E-state index is 11.9. The molecule has 0 bridgehead atoms. The van der Waals surface area contributed by atoms with E-state index in [-0.39, 0.29) is 11.7 Å². The van der Waals surface area contributed by atoms with E-state index in [9.17, 15) is 14.7 Å². The number of aromatic nitrogens is 1. The molecular formula is C11H14N2O4. The molecule has 1 aromatic heterocycles.